The highest BCUT2D eigenvalue weighted by molar-refractivity contribution is 5.88. The van der Waals surface area contributed by atoms with Gasteiger partial charge in [0.1, 0.15) is 11.4 Å². The molecule has 2 aromatic heterocycles. The first-order valence-electron chi connectivity index (χ1n) is 4.43. The molecule has 0 bridgehead atoms. The van der Waals surface area contributed by atoms with E-state index in [0.29, 0.717) is 11.4 Å². The molecule has 16 heavy (non-hydrogen) atoms. The lowest BCUT2D eigenvalue weighted by molar-refractivity contribution is 0.0680. The molecule has 0 fully saturated rings. The lowest BCUT2D eigenvalue weighted by Gasteiger charge is -1.92. The zero-order chi connectivity index (χ0) is 11.7. The van der Waals surface area contributed by atoms with Crippen LogP contribution in [-0.4, -0.2) is 32.1 Å². The molecular weight excluding hydrogens is 212 g/mol. The standard InChI is InChI=1S/C10H8N2O4/c13-9(14)7-3-1-5(11-7)6-2-4-8(12-6)10(15)16/h1-4,11-12H,(H,13,14)(H,15,16). The van der Waals surface area contributed by atoms with Gasteiger partial charge in [-0.1, -0.05) is 0 Å². The molecule has 0 spiro atoms. The van der Waals surface area contributed by atoms with Crippen LogP contribution in [-0.2, 0) is 0 Å². The largest absolute Gasteiger partial charge is 0.477 e. The predicted octanol–water partition coefficient (Wildman–Crippen LogP) is 1.41. The number of carbonyl (C=O) groups is 2. The second-order valence-corrected chi connectivity index (χ2v) is 3.18. The van der Waals surface area contributed by atoms with Crippen molar-refractivity contribution in [1.29, 1.82) is 0 Å². The van der Waals surface area contributed by atoms with Crippen molar-refractivity contribution in [2.75, 3.05) is 0 Å². The van der Waals surface area contributed by atoms with E-state index in [1.54, 1.807) is 12.1 Å². The quantitative estimate of drug-likeness (QED) is 0.627. The average Bonchev–Trinajstić information content (AvgIpc) is 2.86. The van der Waals surface area contributed by atoms with Crippen LogP contribution in [0.25, 0.3) is 11.4 Å². The van der Waals surface area contributed by atoms with Crippen LogP contribution in [0.5, 0.6) is 0 Å². The summed E-state index contributed by atoms with van der Waals surface area (Å²) < 4.78 is 0. The maximum absolute atomic E-state index is 10.6. The summed E-state index contributed by atoms with van der Waals surface area (Å²) in [4.78, 5) is 26.6. The number of aromatic carboxylic acids is 2. The van der Waals surface area contributed by atoms with Gasteiger partial charge in [0.05, 0.1) is 11.4 Å². The SMILES string of the molecule is O=C(O)c1ccc(-c2ccc(C(=O)O)[nH]2)[nH]1. The van der Waals surface area contributed by atoms with Crippen molar-refractivity contribution in [2.45, 2.75) is 0 Å². The molecule has 0 aromatic carbocycles. The Balaban J connectivity index is 2.35. The normalized spacial score (nSPS) is 10.2. The summed E-state index contributed by atoms with van der Waals surface area (Å²) in [5, 5.41) is 17.4. The minimum atomic E-state index is -1.06. The number of aromatic nitrogens is 2. The minimum absolute atomic E-state index is 0.0569. The van der Waals surface area contributed by atoms with E-state index in [1.165, 1.54) is 12.1 Å². The van der Waals surface area contributed by atoms with Crippen molar-refractivity contribution < 1.29 is 19.8 Å². The zero-order valence-electron chi connectivity index (χ0n) is 8.02. The molecule has 2 rings (SSSR count). The molecule has 0 unspecified atom stereocenters. The van der Waals surface area contributed by atoms with Crippen LogP contribution in [0.4, 0.5) is 0 Å². The van der Waals surface area contributed by atoms with Gasteiger partial charge in [-0.2, -0.15) is 0 Å². The van der Waals surface area contributed by atoms with Crippen LogP contribution in [0, 0.1) is 0 Å². The number of aromatic amines is 2. The Hall–Kier alpha value is -2.50. The third-order valence-electron chi connectivity index (χ3n) is 2.12. The van der Waals surface area contributed by atoms with Gasteiger partial charge in [-0.25, -0.2) is 9.59 Å². The molecule has 0 aliphatic rings. The highest BCUT2D eigenvalue weighted by Crippen LogP contribution is 2.17. The Bertz CT molecular complexity index is 502. The van der Waals surface area contributed by atoms with Crippen molar-refractivity contribution >= 4 is 11.9 Å². The monoisotopic (exact) mass is 220 g/mol. The predicted molar refractivity (Wildman–Crippen MR) is 54.5 cm³/mol. The number of hydrogen-bond acceptors (Lipinski definition) is 2. The molecule has 0 atom stereocenters. The van der Waals surface area contributed by atoms with Gasteiger partial charge < -0.3 is 20.2 Å². The van der Waals surface area contributed by atoms with Crippen LogP contribution < -0.4 is 0 Å². The maximum Gasteiger partial charge on any atom is 0.352 e. The first-order chi connectivity index (χ1) is 7.58. The van der Waals surface area contributed by atoms with E-state index in [9.17, 15) is 9.59 Å². The molecule has 0 radical (unpaired) electrons. The number of carboxylic acids is 2. The number of H-pyrrole nitrogens is 2. The van der Waals surface area contributed by atoms with Crippen LogP contribution in [0.15, 0.2) is 24.3 Å². The Kier molecular flexibility index (Phi) is 2.24. The van der Waals surface area contributed by atoms with Crippen molar-refractivity contribution in [2.24, 2.45) is 0 Å². The van der Waals surface area contributed by atoms with Gasteiger partial charge in [0.25, 0.3) is 0 Å². The molecule has 0 saturated heterocycles. The molecule has 82 valence electrons. The average molecular weight is 220 g/mol. The first kappa shape index (κ1) is 10.0. The molecule has 0 amide bonds. The van der Waals surface area contributed by atoms with Crippen LogP contribution in [0.3, 0.4) is 0 Å². The smallest absolute Gasteiger partial charge is 0.352 e. The van der Waals surface area contributed by atoms with Crippen molar-refractivity contribution in [3.05, 3.63) is 35.7 Å². The summed E-state index contributed by atoms with van der Waals surface area (Å²) in [5.41, 5.74) is 1.18. The third kappa shape index (κ3) is 1.68. The summed E-state index contributed by atoms with van der Waals surface area (Å²) in [6, 6.07) is 5.97. The van der Waals surface area contributed by atoms with Crippen molar-refractivity contribution in [3.8, 4) is 11.4 Å². The number of hydrogen-bond donors (Lipinski definition) is 4. The molecule has 2 heterocycles. The van der Waals surface area contributed by atoms with Crippen LogP contribution in [0.1, 0.15) is 21.0 Å². The molecule has 4 N–H and O–H groups in total. The summed E-state index contributed by atoms with van der Waals surface area (Å²) in [6.07, 6.45) is 0. The van der Waals surface area contributed by atoms with Gasteiger partial charge in [0.15, 0.2) is 0 Å². The van der Waals surface area contributed by atoms with E-state index in [4.69, 9.17) is 10.2 Å². The van der Waals surface area contributed by atoms with E-state index < -0.39 is 11.9 Å². The third-order valence-corrected chi connectivity index (χ3v) is 2.12. The highest BCUT2D eigenvalue weighted by Gasteiger charge is 2.10. The van der Waals surface area contributed by atoms with E-state index >= 15 is 0 Å². The van der Waals surface area contributed by atoms with Gasteiger partial charge in [-0.05, 0) is 24.3 Å². The fourth-order valence-corrected chi connectivity index (χ4v) is 1.35. The van der Waals surface area contributed by atoms with Gasteiger partial charge >= 0.3 is 11.9 Å². The van der Waals surface area contributed by atoms with E-state index in [0.717, 1.165) is 0 Å². The van der Waals surface area contributed by atoms with Crippen LogP contribution >= 0.6 is 0 Å². The number of nitrogens with one attached hydrogen (secondary N) is 2. The highest BCUT2D eigenvalue weighted by atomic mass is 16.4. The van der Waals surface area contributed by atoms with E-state index in [1.807, 2.05) is 0 Å². The second kappa shape index (κ2) is 3.58. The van der Waals surface area contributed by atoms with Crippen molar-refractivity contribution in [3.63, 3.8) is 0 Å². The lowest BCUT2D eigenvalue weighted by Crippen LogP contribution is -1.96. The fourth-order valence-electron chi connectivity index (χ4n) is 1.35. The molecule has 0 saturated carbocycles. The summed E-state index contributed by atoms with van der Waals surface area (Å²) in [7, 11) is 0. The first-order valence-corrected chi connectivity index (χ1v) is 4.43. The number of carboxylic acid groups (broad SMARTS) is 2. The van der Waals surface area contributed by atoms with Gasteiger partial charge in [-0.3, -0.25) is 0 Å². The molecule has 0 aliphatic heterocycles. The molecule has 2 aromatic rings. The molecular formula is C10H8N2O4. The maximum atomic E-state index is 10.6. The van der Waals surface area contributed by atoms with Crippen molar-refractivity contribution in [1.82, 2.24) is 9.97 Å². The summed E-state index contributed by atoms with van der Waals surface area (Å²) in [6.45, 7) is 0. The summed E-state index contributed by atoms with van der Waals surface area (Å²) >= 11 is 0. The Morgan fingerprint density at radius 2 is 1.19 bits per heavy atom. The Labute approximate surface area is 89.5 Å². The Morgan fingerprint density at radius 3 is 1.44 bits per heavy atom. The molecule has 0 aliphatic carbocycles. The molecule has 6 heteroatoms. The second-order valence-electron chi connectivity index (χ2n) is 3.18. The fraction of sp³-hybridized carbons (Fsp3) is 0. The number of rotatable bonds is 3. The molecule has 6 nitrogen and oxygen atoms in total. The zero-order valence-corrected chi connectivity index (χ0v) is 8.02. The van der Waals surface area contributed by atoms with Gasteiger partial charge in [0.2, 0.25) is 0 Å². The minimum Gasteiger partial charge on any atom is -0.477 e. The van der Waals surface area contributed by atoms with Gasteiger partial charge in [-0.15, -0.1) is 0 Å². The van der Waals surface area contributed by atoms with E-state index in [-0.39, 0.29) is 11.4 Å². The topological polar surface area (TPSA) is 106 Å². The van der Waals surface area contributed by atoms with E-state index in [2.05, 4.69) is 9.97 Å². The Morgan fingerprint density at radius 1 is 0.812 bits per heavy atom. The van der Waals surface area contributed by atoms with Gasteiger partial charge in [0, 0.05) is 0 Å². The lowest BCUT2D eigenvalue weighted by atomic mass is 10.3. The van der Waals surface area contributed by atoms with Crippen LogP contribution in [0.2, 0.25) is 0 Å². The summed E-state index contributed by atoms with van der Waals surface area (Å²) in [5.74, 6) is -2.12.